The van der Waals surface area contributed by atoms with Crippen LogP contribution < -0.4 is 10.0 Å². The summed E-state index contributed by atoms with van der Waals surface area (Å²) >= 11 is 0. The van der Waals surface area contributed by atoms with Crippen molar-refractivity contribution < 1.29 is 8.42 Å². The first-order valence-electron chi connectivity index (χ1n) is 5.82. The smallest absolute Gasteiger partial charge is 0.257 e. The van der Waals surface area contributed by atoms with Gasteiger partial charge in [0.1, 0.15) is 0 Å². The van der Waals surface area contributed by atoms with E-state index in [0.717, 1.165) is 25.9 Å². The zero-order valence-corrected chi connectivity index (χ0v) is 10.6. The molecule has 0 aromatic carbocycles. The summed E-state index contributed by atoms with van der Waals surface area (Å²) in [6.45, 7) is 3.84. The molecule has 1 aliphatic rings. The van der Waals surface area contributed by atoms with Crippen LogP contribution in [0.2, 0.25) is 0 Å². The van der Waals surface area contributed by atoms with Gasteiger partial charge in [0.05, 0.1) is 6.20 Å². The first-order chi connectivity index (χ1) is 8.09. The number of aromatic nitrogens is 2. The average molecular weight is 258 g/mol. The fourth-order valence-electron chi connectivity index (χ4n) is 2.14. The van der Waals surface area contributed by atoms with Crippen molar-refractivity contribution >= 4 is 10.0 Å². The van der Waals surface area contributed by atoms with Gasteiger partial charge in [-0.25, -0.2) is 13.1 Å². The number of nitrogens with one attached hydrogen (secondary N) is 3. The van der Waals surface area contributed by atoms with Crippen LogP contribution in [0.5, 0.6) is 0 Å². The molecule has 0 amide bonds. The van der Waals surface area contributed by atoms with Crippen LogP contribution in [0.15, 0.2) is 17.3 Å². The number of piperidine rings is 1. The third-order valence-electron chi connectivity index (χ3n) is 3.20. The van der Waals surface area contributed by atoms with Gasteiger partial charge in [-0.1, -0.05) is 0 Å². The van der Waals surface area contributed by atoms with Gasteiger partial charge in [0.25, 0.3) is 10.0 Å². The lowest BCUT2D eigenvalue weighted by atomic mass is 9.92. The first-order valence-corrected chi connectivity index (χ1v) is 7.30. The summed E-state index contributed by atoms with van der Waals surface area (Å²) in [6.07, 6.45) is 3.45. The van der Waals surface area contributed by atoms with Gasteiger partial charge in [-0.2, -0.15) is 5.10 Å². The fourth-order valence-corrected chi connectivity index (χ4v) is 3.36. The Morgan fingerprint density at radius 3 is 2.76 bits per heavy atom. The Balaban J connectivity index is 2.00. The van der Waals surface area contributed by atoms with Gasteiger partial charge in [0.15, 0.2) is 5.03 Å². The third-order valence-corrected chi connectivity index (χ3v) is 4.69. The highest BCUT2D eigenvalue weighted by molar-refractivity contribution is 7.89. The molecule has 1 aliphatic heterocycles. The third kappa shape index (κ3) is 3.05. The fraction of sp³-hybridized carbons (Fsp3) is 0.700. The number of hydrogen-bond acceptors (Lipinski definition) is 4. The molecule has 96 valence electrons. The molecule has 6 nitrogen and oxygen atoms in total. The van der Waals surface area contributed by atoms with Crippen molar-refractivity contribution in [3.05, 3.63) is 12.3 Å². The van der Waals surface area contributed by atoms with E-state index in [-0.39, 0.29) is 11.1 Å². The SMILES string of the molecule is CC(NS(=O)(=O)c1ccn[nH]1)C1CCNCC1. The van der Waals surface area contributed by atoms with E-state index in [2.05, 4.69) is 20.2 Å². The van der Waals surface area contributed by atoms with Crippen molar-refractivity contribution in [2.45, 2.75) is 30.8 Å². The minimum Gasteiger partial charge on any atom is -0.317 e. The van der Waals surface area contributed by atoms with E-state index in [9.17, 15) is 8.42 Å². The van der Waals surface area contributed by atoms with Crippen LogP contribution in [-0.4, -0.2) is 37.7 Å². The topological polar surface area (TPSA) is 86.9 Å². The molecule has 1 saturated heterocycles. The Bertz CT molecular complexity index is 437. The van der Waals surface area contributed by atoms with Crippen LogP contribution in [-0.2, 0) is 10.0 Å². The second-order valence-electron chi connectivity index (χ2n) is 4.42. The lowest BCUT2D eigenvalue weighted by Crippen LogP contribution is -2.42. The summed E-state index contributed by atoms with van der Waals surface area (Å²) in [4.78, 5) is 0. The van der Waals surface area contributed by atoms with E-state index >= 15 is 0 Å². The van der Waals surface area contributed by atoms with Crippen molar-refractivity contribution in [1.82, 2.24) is 20.2 Å². The van der Waals surface area contributed by atoms with Crippen LogP contribution >= 0.6 is 0 Å². The second kappa shape index (κ2) is 5.16. The predicted molar refractivity (Wildman–Crippen MR) is 64.0 cm³/mol. The largest absolute Gasteiger partial charge is 0.317 e. The van der Waals surface area contributed by atoms with Crippen molar-refractivity contribution in [2.75, 3.05) is 13.1 Å². The van der Waals surface area contributed by atoms with Crippen molar-refractivity contribution in [1.29, 1.82) is 0 Å². The van der Waals surface area contributed by atoms with E-state index in [0.29, 0.717) is 5.92 Å². The molecule has 0 spiro atoms. The molecule has 1 unspecified atom stereocenters. The number of rotatable bonds is 4. The van der Waals surface area contributed by atoms with Crippen molar-refractivity contribution in [3.63, 3.8) is 0 Å². The Morgan fingerprint density at radius 1 is 1.47 bits per heavy atom. The van der Waals surface area contributed by atoms with Crippen LogP contribution in [0, 0.1) is 5.92 Å². The summed E-state index contributed by atoms with van der Waals surface area (Å²) in [6, 6.07) is 1.41. The van der Waals surface area contributed by atoms with Gasteiger partial charge >= 0.3 is 0 Å². The molecular weight excluding hydrogens is 240 g/mol. The highest BCUT2D eigenvalue weighted by atomic mass is 32.2. The molecule has 1 aromatic heterocycles. The number of nitrogens with zero attached hydrogens (tertiary/aromatic N) is 1. The standard InChI is InChI=1S/C10H18N4O2S/c1-8(9-2-5-11-6-3-9)14-17(15,16)10-4-7-12-13-10/h4,7-9,11,14H,2-3,5-6H2,1H3,(H,12,13). The predicted octanol–water partition coefficient (Wildman–Crippen LogP) is 0.0761. The Labute approximate surface area is 101 Å². The monoisotopic (exact) mass is 258 g/mol. The maximum atomic E-state index is 11.9. The molecule has 1 fully saturated rings. The van der Waals surface area contributed by atoms with E-state index in [1.165, 1.54) is 12.3 Å². The quantitative estimate of drug-likeness (QED) is 0.713. The number of sulfonamides is 1. The molecule has 0 saturated carbocycles. The molecule has 2 heterocycles. The van der Waals surface area contributed by atoms with Gasteiger partial charge in [0, 0.05) is 6.04 Å². The summed E-state index contributed by atoms with van der Waals surface area (Å²) < 4.78 is 26.6. The Kier molecular flexibility index (Phi) is 3.80. The molecule has 1 atom stereocenters. The molecule has 0 aliphatic carbocycles. The highest BCUT2D eigenvalue weighted by Gasteiger charge is 2.25. The molecule has 0 radical (unpaired) electrons. The highest BCUT2D eigenvalue weighted by Crippen LogP contribution is 2.17. The first kappa shape index (κ1) is 12.5. The van der Waals surface area contributed by atoms with E-state index in [1.54, 1.807) is 0 Å². The van der Waals surface area contributed by atoms with Crippen molar-refractivity contribution in [2.24, 2.45) is 5.92 Å². The second-order valence-corrected chi connectivity index (χ2v) is 6.10. The molecular formula is C10H18N4O2S. The van der Waals surface area contributed by atoms with E-state index in [1.807, 2.05) is 6.92 Å². The molecule has 2 rings (SSSR count). The van der Waals surface area contributed by atoms with Gasteiger partial charge < -0.3 is 5.32 Å². The molecule has 0 bridgehead atoms. The maximum Gasteiger partial charge on any atom is 0.257 e. The molecule has 1 aromatic rings. The number of H-pyrrole nitrogens is 1. The Hall–Kier alpha value is -0.920. The molecule has 17 heavy (non-hydrogen) atoms. The van der Waals surface area contributed by atoms with Crippen molar-refractivity contribution in [3.8, 4) is 0 Å². The Morgan fingerprint density at radius 2 is 2.18 bits per heavy atom. The van der Waals surface area contributed by atoms with Crippen LogP contribution in [0.1, 0.15) is 19.8 Å². The van der Waals surface area contributed by atoms with Gasteiger partial charge in [-0.3, -0.25) is 5.10 Å². The van der Waals surface area contributed by atoms with E-state index in [4.69, 9.17) is 0 Å². The number of aromatic amines is 1. The van der Waals surface area contributed by atoms with Gasteiger partial charge in [-0.15, -0.1) is 0 Å². The van der Waals surface area contributed by atoms with Gasteiger partial charge in [-0.05, 0) is 44.8 Å². The van der Waals surface area contributed by atoms with Crippen LogP contribution in [0.4, 0.5) is 0 Å². The number of hydrogen-bond donors (Lipinski definition) is 3. The summed E-state index contributed by atoms with van der Waals surface area (Å²) in [5.74, 6) is 0.397. The lowest BCUT2D eigenvalue weighted by molar-refractivity contribution is 0.316. The minimum absolute atomic E-state index is 0.0506. The van der Waals surface area contributed by atoms with Crippen LogP contribution in [0.3, 0.4) is 0 Å². The summed E-state index contributed by atoms with van der Waals surface area (Å²) in [5, 5.41) is 9.52. The van der Waals surface area contributed by atoms with Crippen LogP contribution in [0.25, 0.3) is 0 Å². The normalized spacial score (nSPS) is 20.3. The van der Waals surface area contributed by atoms with Gasteiger partial charge in [0.2, 0.25) is 0 Å². The zero-order valence-electron chi connectivity index (χ0n) is 9.81. The lowest BCUT2D eigenvalue weighted by Gasteiger charge is -2.28. The molecule has 7 heteroatoms. The summed E-state index contributed by atoms with van der Waals surface area (Å²) in [5.41, 5.74) is 0. The average Bonchev–Trinajstić information content (AvgIpc) is 2.84. The maximum absolute atomic E-state index is 11.9. The minimum atomic E-state index is -3.45. The van der Waals surface area contributed by atoms with E-state index < -0.39 is 10.0 Å². The summed E-state index contributed by atoms with van der Waals surface area (Å²) in [7, 11) is -3.45. The zero-order chi connectivity index (χ0) is 12.3. The molecule has 3 N–H and O–H groups in total.